The minimum Gasteiger partial charge on any atom is -0.464 e. The Hall–Kier alpha value is -3.64. The fourth-order valence-electron chi connectivity index (χ4n) is 3.64. The first-order valence-corrected chi connectivity index (χ1v) is 9.64. The van der Waals surface area contributed by atoms with Crippen LogP contribution < -0.4 is 5.32 Å². The van der Waals surface area contributed by atoms with Gasteiger partial charge in [-0.15, -0.1) is 0 Å². The van der Waals surface area contributed by atoms with Gasteiger partial charge in [0.1, 0.15) is 5.58 Å². The molecule has 0 saturated heterocycles. The fraction of sp³-hybridized carbons (Fsp3) is 0.0435. The predicted octanol–water partition coefficient (Wildman–Crippen LogP) is 5.62. The molecular weight excluding hydrogens is 382 g/mol. The SMILES string of the molecule is O=C(Cc1coc2ccc3ccccc3c12)Nc1cccc(-n2cc[nH]c2=S)c1. The van der Waals surface area contributed by atoms with Gasteiger partial charge in [0.15, 0.2) is 4.77 Å². The third kappa shape index (κ3) is 3.23. The summed E-state index contributed by atoms with van der Waals surface area (Å²) in [5, 5.41) is 6.18. The number of benzene rings is 3. The monoisotopic (exact) mass is 399 g/mol. The fourth-order valence-corrected chi connectivity index (χ4v) is 3.87. The Bertz CT molecular complexity index is 1410. The number of anilines is 1. The molecule has 5 rings (SSSR count). The van der Waals surface area contributed by atoms with Gasteiger partial charge in [0, 0.05) is 34.7 Å². The van der Waals surface area contributed by atoms with Crippen LogP contribution >= 0.6 is 12.2 Å². The smallest absolute Gasteiger partial charge is 0.228 e. The molecule has 0 aliphatic rings. The van der Waals surface area contributed by atoms with Gasteiger partial charge in [-0.25, -0.2) is 0 Å². The zero-order chi connectivity index (χ0) is 19.8. The van der Waals surface area contributed by atoms with Crippen LogP contribution in [0.5, 0.6) is 0 Å². The molecule has 0 saturated carbocycles. The van der Waals surface area contributed by atoms with Gasteiger partial charge in [-0.1, -0.05) is 36.4 Å². The average molecular weight is 399 g/mol. The van der Waals surface area contributed by atoms with Crippen molar-refractivity contribution < 1.29 is 9.21 Å². The summed E-state index contributed by atoms with van der Waals surface area (Å²) in [4.78, 5) is 15.7. The normalized spacial score (nSPS) is 11.2. The molecule has 6 heteroatoms. The summed E-state index contributed by atoms with van der Waals surface area (Å²) in [6, 6.07) is 19.7. The number of nitrogens with zero attached hydrogens (tertiary/aromatic N) is 1. The maximum atomic E-state index is 12.7. The van der Waals surface area contributed by atoms with Crippen LogP contribution in [0.3, 0.4) is 0 Å². The zero-order valence-corrected chi connectivity index (χ0v) is 16.2. The van der Waals surface area contributed by atoms with E-state index in [4.69, 9.17) is 16.6 Å². The number of fused-ring (bicyclic) bond motifs is 3. The van der Waals surface area contributed by atoms with Crippen molar-refractivity contribution in [1.29, 1.82) is 0 Å². The molecule has 0 fully saturated rings. The lowest BCUT2D eigenvalue weighted by Gasteiger charge is -2.08. The molecule has 0 radical (unpaired) electrons. The van der Waals surface area contributed by atoms with Crippen molar-refractivity contribution >= 4 is 45.6 Å². The molecule has 0 aliphatic carbocycles. The van der Waals surface area contributed by atoms with Crippen molar-refractivity contribution in [1.82, 2.24) is 9.55 Å². The minimum atomic E-state index is -0.101. The van der Waals surface area contributed by atoms with Crippen LogP contribution in [0.1, 0.15) is 5.56 Å². The van der Waals surface area contributed by atoms with Crippen LogP contribution in [0, 0.1) is 4.77 Å². The Labute approximate surface area is 171 Å². The highest BCUT2D eigenvalue weighted by molar-refractivity contribution is 7.71. The zero-order valence-electron chi connectivity index (χ0n) is 15.4. The second-order valence-corrected chi connectivity index (χ2v) is 7.22. The standard InChI is InChI=1S/C23H17N3O2S/c27-21(25-17-5-3-6-18(13-17)26-11-10-24-23(26)29)12-16-14-28-20-9-8-15-4-1-2-7-19(15)22(16)20/h1-11,13-14H,12H2,(H,24,29)(H,25,27). The lowest BCUT2D eigenvalue weighted by atomic mass is 10.0. The maximum absolute atomic E-state index is 12.7. The molecule has 2 aromatic heterocycles. The quantitative estimate of drug-likeness (QED) is 0.386. The summed E-state index contributed by atoms with van der Waals surface area (Å²) in [6.07, 6.45) is 5.54. The van der Waals surface area contributed by atoms with Crippen LogP contribution in [0.15, 0.2) is 83.7 Å². The number of carbonyl (C=O) groups excluding carboxylic acids is 1. The van der Waals surface area contributed by atoms with Crippen LogP contribution in [0.25, 0.3) is 27.4 Å². The largest absolute Gasteiger partial charge is 0.464 e. The molecule has 5 aromatic rings. The molecule has 0 bridgehead atoms. The molecule has 1 amide bonds. The summed E-state index contributed by atoms with van der Waals surface area (Å²) >= 11 is 5.27. The molecule has 3 aromatic carbocycles. The number of hydrogen-bond donors (Lipinski definition) is 2. The molecule has 5 nitrogen and oxygen atoms in total. The molecule has 29 heavy (non-hydrogen) atoms. The van der Waals surface area contributed by atoms with Gasteiger partial charge in [-0.05, 0) is 47.3 Å². The van der Waals surface area contributed by atoms with Crippen LogP contribution in [-0.4, -0.2) is 15.5 Å². The van der Waals surface area contributed by atoms with E-state index in [0.717, 1.165) is 33.0 Å². The van der Waals surface area contributed by atoms with Gasteiger partial charge >= 0.3 is 0 Å². The van der Waals surface area contributed by atoms with E-state index in [0.29, 0.717) is 10.5 Å². The van der Waals surface area contributed by atoms with Gasteiger partial charge in [0.05, 0.1) is 12.7 Å². The van der Waals surface area contributed by atoms with Gasteiger partial charge in [-0.2, -0.15) is 0 Å². The Morgan fingerprint density at radius 2 is 2.00 bits per heavy atom. The second-order valence-electron chi connectivity index (χ2n) is 6.83. The lowest BCUT2D eigenvalue weighted by Crippen LogP contribution is -2.14. The predicted molar refractivity (Wildman–Crippen MR) is 117 cm³/mol. The van der Waals surface area contributed by atoms with E-state index in [1.54, 1.807) is 12.5 Å². The van der Waals surface area contributed by atoms with Crippen LogP contribution in [-0.2, 0) is 11.2 Å². The summed E-state index contributed by atoms with van der Waals surface area (Å²) < 4.78 is 8.14. The van der Waals surface area contributed by atoms with Gasteiger partial charge in [-0.3, -0.25) is 9.36 Å². The minimum absolute atomic E-state index is 0.101. The number of imidazole rings is 1. The van der Waals surface area contributed by atoms with Crippen molar-refractivity contribution in [3.8, 4) is 5.69 Å². The molecule has 0 unspecified atom stereocenters. The molecule has 0 spiro atoms. The molecule has 2 heterocycles. The van der Waals surface area contributed by atoms with Crippen molar-refractivity contribution in [3.63, 3.8) is 0 Å². The van der Waals surface area contributed by atoms with E-state index >= 15 is 0 Å². The highest BCUT2D eigenvalue weighted by Crippen LogP contribution is 2.30. The molecule has 0 atom stereocenters. The number of furan rings is 1. The number of hydrogen-bond acceptors (Lipinski definition) is 3. The first kappa shape index (κ1) is 17.5. The Kier molecular flexibility index (Phi) is 4.26. The highest BCUT2D eigenvalue weighted by atomic mass is 32.1. The van der Waals surface area contributed by atoms with Gasteiger partial charge < -0.3 is 14.7 Å². The number of aromatic nitrogens is 2. The summed E-state index contributed by atoms with van der Waals surface area (Å²) in [5.74, 6) is -0.101. The summed E-state index contributed by atoms with van der Waals surface area (Å²) in [6.45, 7) is 0. The number of aromatic amines is 1. The molecule has 0 aliphatic heterocycles. The van der Waals surface area contributed by atoms with E-state index in [9.17, 15) is 4.79 Å². The molecular formula is C23H17N3O2S. The number of nitrogens with one attached hydrogen (secondary N) is 2. The number of carbonyl (C=O) groups is 1. The van der Waals surface area contributed by atoms with Crippen LogP contribution in [0.4, 0.5) is 5.69 Å². The number of H-pyrrole nitrogens is 1. The van der Waals surface area contributed by atoms with Crippen LogP contribution in [0.2, 0.25) is 0 Å². The molecule has 142 valence electrons. The van der Waals surface area contributed by atoms with E-state index < -0.39 is 0 Å². The molecule has 2 N–H and O–H groups in total. The third-order valence-corrected chi connectivity index (χ3v) is 5.26. The van der Waals surface area contributed by atoms with Gasteiger partial charge in [0.25, 0.3) is 0 Å². The maximum Gasteiger partial charge on any atom is 0.228 e. The van der Waals surface area contributed by atoms with E-state index in [2.05, 4.69) is 22.4 Å². The Balaban J connectivity index is 1.43. The summed E-state index contributed by atoms with van der Waals surface area (Å²) in [5.41, 5.74) is 3.26. The van der Waals surface area contributed by atoms with E-state index in [1.165, 1.54) is 0 Å². The number of amides is 1. The third-order valence-electron chi connectivity index (χ3n) is 4.95. The van der Waals surface area contributed by atoms with E-state index in [1.807, 2.05) is 59.3 Å². The summed E-state index contributed by atoms with van der Waals surface area (Å²) in [7, 11) is 0. The Morgan fingerprint density at radius 1 is 1.10 bits per heavy atom. The first-order chi connectivity index (χ1) is 14.2. The van der Waals surface area contributed by atoms with E-state index in [-0.39, 0.29) is 12.3 Å². The van der Waals surface area contributed by atoms with Gasteiger partial charge in [0.2, 0.25) is 5.91 Å². The first-order valence-electron chi connectivity index (χ1n) is 9.23. The van der Waals surface area contributed by atoms with Crippen molar-refractivity contribution in [2.45, 2.75) is 6.42 Å². The van der Waals surface area contributed by atoms with Crippen molar-refractivity contribution in [2.75, 3.05) is 5.32 Å². The topological polar surface area (TPSA) is 63.0 Å². The second kappa shape index (κ2) is 7.07. The van der Waals surface area contributed by atoms with Crippen molar-refractivity contribution in [2.24, 2.45) is 0 Å². The van der Waals surface area contributed by atoms with Crippen molar-refractivity contribution in [3.05, 3.63) is 89.7 Å². The number of rotatable bonds is 4. The Morgan fingerprint density at radius 3 is 2.86 bits per heavy atom. The lowest BCUT2D eigenvalue weighted by molar-refractivity contribution is -0.115. The highest BCUT2D eigenvalue weighted by Gasteiger charge is 2.13. The average Bonchev–Trinajstić information content (AvgIpc) is 3.34.